The van der Waals surface area contributed by atoms with E-state index >= 15 is 0 Å². The molecule has 0 heterocycles. The molecule has 3 heteroatoms. The van der Waals surface area contributed by atoms with Gasteiger partial charge in [-0.25, -0.2) is 0 Å². The summed E-state index contributed by atoms with van der Waals surface area (Å²) in [6, 6.07) is 0. The molecule has 0 aliphatic rings. The van der Waals surface area contributed by atoms with Crippen LogP contribution >= 0.6 is 0 Å². The second-order valence-electron chi connectivity index (χ2n) is 6.10. The first-order valence-corrected chi connectivity index (χ1v) is 8.92. The molecule has 0 saturated carbocycles. The van der Waals surface area contributed by atoms with E-state index in [1.807, 2.05) is 6.08 Å². The zero-order valence-corrected chi connectivity index (χ0v) is 14.6. The molecule has 0 bridgehead atoms. The summed E-state index contributed by atoms with van der Waals surface area (Å²) >= 11 is 0. The van der Waals surface area contributed by atoms with Crippen molar-refractivity contribution in [1.29, 1.82) is 0 Å². The fraction of sp³-hybridized carbons (Fsp3) is 0.789. The van der Waals surface area contributed by atoms with Crippen LogP contribution in [-0.2, 0) is 14.3 Å². The molecule has 0 aromatic carbocycles. The fourth-order valence-electron chi connectivity index (χ4n) is 2.39. The highest BCUT2D eigenvalue weighted by molar-refractivity contribution is 5.79. The smallest absolute Gasteiger partial charge is 0.306 e. The van der Waals surface area contributed by atoms with Crippen LogP contribution in [0.5, 0.6) is 0 Å². The number of rotatable bonds is 15. The molecule has 0 fully saturated rings. The van der Waals surface area contributed by atoms with E-state index in [0.29, 0.717) is 19.3 Å². The lowest BCUT2D eigenvalue weighted by Gasteiger charge is -2.12. The Morgan fingerprint density at radius 3 is 2.27 bits per heavy atom. The highest BCUT2D eigenvalue weighted by Gasteiger charge is 2.13. The maximum atomic E-state index is 11.7. The third kappa shape index (κ3) is 13.8. The predicted molar refractivity (Wildman–Crippen MR) is 91.8 cm³/mol. The van der Waals surface area contributed by atoms with E-state index in [0.717, 1.165) is 32.1 Å². The van der Waals surface area contributed by atoms with Gasteiger partial charge < -0.3 is 4.74 Å². The van der Waals surface area contributed by atoms with E-state index in [9.17, 15) is 9.59 Å². The number of carbonyl (C=O) groups is 2. The maximum absolute atomic E-state index is 11.7. The molecule has 22 heavy (non-hydrogen) atoms. The third-order valence-corrected chi connectivity index (χ3v) is 3.70. The Morgan fingerprint density at radius 2 is 1.64 bits per heavy atom. The largest absolute Gasteiger partial charge is 0.462 e. The maximum Gasteiger partial charge on any atom is 0.306 e. The van der Waals surface area contributed by atoms with Gasteiger partial charge in [0.25, 0.3) is 0 Å². The topological polar surface area (TPSA) is 43.4 Å². The summed E-state index contributed by atoms with van der Waals surface area (Å²) in [6.45, 7) is 7.58. The molecule has 0 amide bonds. The van der Waals surface area contributed by atoms with Crippen LogP contribution in [0.25, 0.3) is 0 Å². The Labute approximate surface area is 136 Å². The third-order valence-electron chi connectivity index (χ3n) is 3.70. The summed E-state index contributed by atoms with van der Waals surface area (Å²) in [7, 11) is 0. The minimum absolute atomic E-state index is 0.164. The summed E-state index contributed by atoms with van der Waals surface area (Å²) in [5.41, 5.74) is 0. The second kappa shape index (κ2) is 14.8. The molecule has 0 aromatic rings. The molecule has 0 saturated heterocycles. The molecule has 0 rings (SSSR count). The van der Waals surface area contributed by atoms with Crippen LogP contribution in [0.3, 0.4) is 0 Å². The summed E-state index contributed by atoms with van der Waals surface area (Å²) in [6.07, 6.45) is 13.0. The molecular weight excluding hydrogens is 276 g/mol. The minimum atomic E-state index is -0.282. The molecule has 1 unspecified atom stereocenters. The van der Waals surface area contributed by atoms with Gasteiger partial charge >= 0.3 is 5.97 Å². The Bertz CT molecular complexity index is 310. The van der Waals surface area contributed by atoms with E-state index in [1.54, 1.807) is 6.92 Å². The van der Waals surface area contributed by atoms with Crippen LogP contribution in [0.1, 0.15) is 90.9 Å². The average molecular weight is 310 g/mol. The summed E-state index contributed by atoms with van der Waals surface area (Å²) in [4.78, 5) is 23.3. The van der Waals surface area contributed by atoms with Gasteiger partial charge in [-0.05, 0) is 32.6 Å². The van der Waals surface area contributed by atoms with Gasteiger partial charge in [0.2, 0.25) is 0 Å². The van der Waals surface area contributed by atoms with Crippen LogP contribution in [0.4, 0.5) is 0 Å². The first kappa shape index (κ1) is 20.9. The number of hydrogen-bond donors (Lipinski definition) is 0. The molecule has 0 N–H and O–H groups in total. The van der Waals surface area contributed by atoms with Crippen molar-refractivity contribution >= 4 is 11.8 Å². The van der Waals surface area contributed by atoms with Crippen molar-refractivity contribution in [3.05, 3.63) is 12.7 Å². The van der Waals surface area contributed by atoms with Crippen molar-refractivity contribution in [2.75, 3.05) is 0 Å². The highest BCUT2D eigenvalue weighted by atomic mass is 16.5. The van der Waals surface area contributed by atoms with Crippen LogP contribution in [0, 0.1) is 0 Å². The molecular formula is C19H34O3. The van der Waals surface area contributed by atoms with Crippen LogP contribution in [0.2, 0.25) is 0 Å². The molecule has 0 aromatic heterocycles. The van der Waals surface area contributed by atoms with E-state index in [2.05, 4.69) is 13.5 Å². The Balaban J connectivity index is 3.51. The Hall–Kier alpha value is -1.12. The number of unbranched alkanes of at least 4 members (excludes halogenated alkanes) is 7. The number of hydrogen-bond acceptors (Lipinski definition) is 3. The van der Waals surface area contributed by atoms with Crippen molar-refractivity contribution in [2.45, 2.75) is 97.0 Å². The van der Waals surface area contributed by atoms with Gasteiger partial charge in [0, 0.05) is 19.3 Å². The number of ether oxygens (including phenoxy) is 1. The first-order chi connectivity index (χ1) is 10.6. The number of ketones is 1. The zero-order chi connectivity index (χ0) is 16.6. The van der Waals surface area contributed by atoms with E-state index in [-0.39, 0.29) is 17.9 Å². The van der Waals surface area contributed by atoms with Crippen molar-refractivity contribution in [3.63, 3.8) is 0 Å². The van der Waals surface area contributed by atoms with Crippen molar-refractivity contribution in [2.24, 2.45) is 0 Å². The minimum Gasteiger partial charge on any atom is -0.462 e. The molecule has 0 aliphatic heterocycles. The first-order valence-electron chi connectivity index (χ1n) is 8.92. The Kier molecular flexibility index (Phi) is 14.0. The molecule has 0 spiro atoms. The van der Waals surface area contributed by atoms with Gasteiger partial charge in [0.1, 0.15) is 11.9 Å². The van der Waals surface area contributed by atoms with E-state index < -0.39 is 0 Å². The molecule has 0 aliphatic carbocycles. The quantitative estimate of drug-likeness (QED) is 0.232. The van der Waals surface area contributed by atoms with Gasteiger partial charge in [-0.1, -0.05) is 45.1 Å². The molecule has 128 valence electrons. The van der Waals surface area contributed by atoms with Crippen LogP contribution in [-0.4, -0.2) is 17.9 Å². The fourth-order valence-corrected chi connectivity index (χ4v) is 2.39. The van der Waals surface area contributed by atoms with E-state index in [4.69, 9.17) is 4.74 Å². The summed E-state index contributed by atoms with van der Waals surface area (Å²) in [5.74, 6) is 0.0316. The van der Waals surface area contributed by atoms with Crippen molar-refractivity contribution in [1.82, 2.24) is 0 Å². The number of esters is 1. The molecule has 3 nitrogen and oxygen atoms in total. The average Bonchev–Trinajstić information content (AvgIpc) is 2.47. The SMILES string of the molecule is C=CCCCCCCCCC(=O)OC(C)CC(=O)CCCC. The lowest BCUT2D eigenvalue weighted by atomic mass is 10.1. The number of carbonyl (C=O) groups excluding carboxylic acids is 2. The van der Waals surface area contributed by atoms with Gasteiger partial charge in [0.05, 0.1) is 0 Å². The van der Waals surface area contributed by atoms with Gasteiger partial charge in [0.15, 0.2) is 0 Å². The summed E-state index contributed by atoms with van der Waals surface area (Å²) < 4.78 is 5.29. The van der Waals surface area contributed by atoms with Gasteiger partial charge in [-0.2, -0.15) is 0 Å². The zero-order valence-electron chi connectivity index (χ0n) is 14.6. The van der Waals surface area contributed by atoms with Gasteiger partial charge in [-0.15, -0.1) is 6.58 Å². The number of allylic oxidation sites excluding steroid dienone is 1. The highest BCUT2D eigenvalue weighted by Crippen LogP contribution is 2.11. The lowest BCUT2D eigenvalue weighted by molar-refractivity contribution is -0.149. The standard InChI is InChI=1S/C19H34O3/c1-4-6-8-9-10-11-12-13-15-19(21)22-17(3)16-18(20)14-7-5-2/h4,17H,1,5-16H2,2-3H3. The van der Waals surface area contributed by atoms with E-state index in [1.165, 1.54) is 25.7 Å². The normalized spacial score (nSPS) is 11.9. The second-order valence-corrected chi connectivity index (χ2v) is 6.10. The monoisotopic (exact) mass is 310 g/mol. The molecule has 0 radical (unpaired) electrons. The lowest BCUT2D eigenvalue weighted by Crippen LogP contribution is -2.18. The van der Waals surface area contributed by atoms with Gasteiger partial charge in [-0.3, -0.25) is 9.59 Å². The molecule has 1 atom stereocenters. The summed E-state index contributed by atoms with van der Waals surface area (Å²) in [5, 5.41) is 0. The number of Topliss-reactive ketones (excluding diaryl/α,β-unsaturated/α-hetero) is 1. The predicted octanol–water partition coefficient (Wildman–Crippen LogP) is 5.37. The van der Waals surface area contributed by atoms with Crippen LogP contribution in [0.15, 0.2) is 12.7 Å². The van der Waals surface area contributed by atoms with Crippen molar-refractivity contribution in [3.8, 4) is 0 Å². The Morgan fingerprint density at radius 1 is 1.00 bits per heavy atom. The van der Waals surface area contributed by atoms with Crippen molar-refractivity contribution < 1.29 is 14.3 Å². The van der Waals surface area contributed by atoms with Crippen LogP contribution < -0.4 is 0 Å².